The number of halogens is 1. The van der Waals surface area contributed by atoms with Crippen LogP contribution in [-0.2, 0) is 6.54 Å². The standard InChI is InChI=1S/C22H24FN3O4/c1-2-25-11-19(30-21(28)29)20(27)13-7-16(23)18(8-17(13)25)26-9-14-12-3-5-22(24,6-4-12)15(14)10-26/h3,5,7-8,11-12,14-15H,2,4,6,9-10,24H2,1H3,(H,28,29). The van der Waals surface area contributed by atoms with Crippen molar-refractivity contribution in [2.24, 2.45) is 23.5 Å². The first-order valence-corrected chi connectivity index (χ1v) is 10.3. The van der Waals surface area contributed by atoms with Crippen LogP contribution in [-0.4, -0.2) is 34.5 Å². The van der Waals surface area contributed by atoms with Crippen molar-refractivity contribution >= 4 is 22.7 Å². The van der Waals surface area contributed by atoms with Crippen LogP contribution in [0.25, 0.3) is 10.9 Å². The third-order valence-corrected chi connectivity index (χ3v) is 7.16. The summed E-state index contributed by atoms with van der Waals surface area (Å²) in [4.78, 5) is 25.6. The van der Waals surface area contributed by atoms with Crippen LogP contribution in [0.3, 0.4) is 0 Å². The molecule has 30 heavy (non-hydrogen) atoms. The number of carbonyl (C=O) groups is 1. The molecule has 0 radical (unpaired) electrons. The van der Waals surface area contributed by atoms with Gasteiger partial charge in [-0.25, -0.2) is 9.18 Å². The number of ether oxygens (including phenoxy) is 1. The van der Waals surface area contributed by atoms with Crippen molar-refractivity contribution < 1.29 is 19.0 Å². The number of aryl methyl sites for hydroxylation is 1. The Hall–Kier alpha value is -2.87. The lowest BCUT2D eigenvalue weighted by molar-refractivity contribution is 0.139. The molecular formula is C22H24FN3O4. The molecule has 6 rings (SSSR count). The van der Waals surface area contributed by atoms with E-state index < -0.39 is 17.4 Å². The number of allylic oxidation sites excluding steroid dienone is 1. The average molecular weight is 413 g/mol. The molecular weight excluding hydrogens is 389 g/mol. The highest BCUT2D eigenvalue weighted by molar-refractivity contribution is 5.85. The Labute approximate surface area is 172 Å². The summed E-state index contributed by atoms with van der Waals surface area (Å²) in [6, 6.07) is 2.89. The third kappa shape index (κ3) is 2.74. The summed E-state index contributed by atoms with van der Waals surface area (Å²) >= 11 is 0. The Morgan fingerprint density at radius 2 is 2.20 bits per heavy atom. The lowest BCUT2D eigenvalue weighted by atomic mass is 9.60. The fourth-order valence-corrected chi connectivity index (χ4v) is 5.64. The van der Waals surface area contributed by atoms with Crippen molar-refractivity contribution in [3.63, 3.8) is 0 Å². The molecule has 2 heterocycles. The molecule has 4 aliphatic rings. The molecule has 2 aromatic rings. The molecule has 2 fully saturated rings. The van der Waals surface area contributed by atoms with E-state index in [0.29, 0.717) is 36.1 Å². The van der Waals surface area contributed by atoms with Gasteiger partial charge in [0, 0.05) is 31.1 Å². The van der Waals surface area contributed by atoms with Gasteiger partial charge in [0.25, 0.3) is 0 Å². The number of carboxylic acid groups (broad SMARTS) is 1. The van der Waals surface area contributed by atoms with E-state index in [1.807, 2.05) is 11.8 Å². The summed E-state index contributed by atoms with van der Waals surface area (Å²) in [7, 11) is 0. The van der Waals surface area contributed by atoms with E-state index in [9.17, 15) is 9.59 Å². The number of fused-ring (bicyclic) bond motifs is 2. The zero-order valence-electron chi connectivity index (χ0n) is 16.7. The third-order valence-electron chi connectivity index (χ3n) is 7.16. The maximum absolute atomic E-state index is 15.2. The maximum atomic E-state index is 15.2. The van der Waals surface area contributed by atoms with Crippen molar-refractivity contribution in [1.82, 2.24) is 4.57 Å². The minimum atomic E-state index is -1.58. The molecule has 0 amide bonds. The number of aromatic nitrogens is 1. The van der Waals surface area contributed by atoms with Gasteiger partial charge in [0.15, 0.2) is 5.75 Å². The topological polar surface area (TPSA) is 97.8 Å². The predicted octanol–water partition coefficient (Wildman–Crippen LogP) is 2.95. The largest absolute Gasteiger partial charge is 0.511 e. The Kier molecular flexibility index (Phi) is 4.18. The normalized spacial score (nSPS) is 29.4. The zero-order chi connectivity index (χ0) is 21.2. The van der Waals surface area contributed by atoms with Crippen LogP contribution in [0, 0.1) is 23.6 Å². The summed E-state index contributed by atoms with van der Waals surface area (Å²) in [6.07, 6.45) is 6.19. The van der Waals surface area contributed by atoms with Crippen LogP contribution in [0.2, 0.25) is 0 Å². The lowest BCUT2D eigenvalue weighted by Crippen LogP contribution is -2.55. The Bertz CT molecular complexity index is 1140. The van der Waals surface area contributed by atoms with Crippen molar-refractivity contribution in [1.29, 1.82) is 0 Å². The molecule has 4 atom stereocenters. The maximum Gasteiger partial charge on any atom is 0.511 e. The summed E-state index contributed by atoms with van der Waals surface area (Å²) in [5.41, 5.74) is 6.70. The number of anilines is 1. The quantitative estimate of drug-likeness (QED) is 0.593. The first kappa shape index (κ1) is 19.1. The van der Waals surface area contributed by atoms with Crippen LogP contribution in [0.5, 0.6) is 5.75 Å². The van der Waals surface area contributed by atoms with Gasteiger partial charge in [-0.3, -0.25) is 4.79 Å². The highest BCUT2D eigenvalue weighted by Crippen LogP contribution is 2.50. The molecule has 1 aliphatic heterocycles. The molecule has 1 saturated heterocycles. The number of nitrogens with zero attached hydrogens (tertiary/aromatic N) is 2. The van der Waals surface area contributed by atoms with Crippen LogP contribution < -0.4 is 20.8 Å². The van der Waals surface area contributed by atoms with E-state index in [0.717, 1.165) is 19.4 Å². The van der Waals surface area contributed by atoms with Crippen LogP contribution in [0.4, 0.5) is 14.9 Å². The first-order chi connectivity index (χ1) is 14.3. The van der Waals surface area contributed by atoms with Gasteiger partial charge in [-0.2, -0.15) is 0 Å². The number of pyridine rings is 1. The monoisotopic (exact) mass is 413 g/mol. The first-order valence-electron chi connectivity index (χ1n) is 10.3. The summed E-state index contributed by atoms with van der Waals surface area (Å²) < 4.78 is 21.5. The number of rotatable bonds is 3. The van der Waals surface area contributed by atoms with Gasteiger partial charge in [-0.05, 0) is 43.7 Å². The zero-order valence-corrected chi connectivity index (χ0v) is 16.7. The van der Waals surface area contributed by atoms with Gasteiger partial charge < -0.3 is 25.0 Å². The molecule has 3 N–H and O–H groups in total. The van der Waals surface area contributed by atoms with Gasteiger partial charge in [0.05, 0.1) is 22.8 Å². The van der Waals surface area contributed by atoms with Gasteiger partial charge >= 0.3 is 6.16 Å². The molecule has 0 spiro atoms. The molecule has 3 aliphatic carbocycles. The molecule has 1 aromatic heterocycles. The minimum absolute atomic E-state index is 0.102. The molecule has 1 saturated carbocycles. The Balaban J connectivity index is 1.57. The number of hydrogen-bond donors (Lipinski definition) is 2. The Morgan fingerprint density at radius 1 is 1.40 bits per heavy atom. The fourth-order valence-electron chi connectivity index (χ4n) is 5.64. The van der Waals surface area contributed by atoms with Crippen LogP contribution in [0.1, 0.15) is 19.8 Å². The van der Waals surface area contributed by atoms with Gasteiger partial charge in [-0.15, -0.1) is 0 Å². The number of hydrogen-bond acceptors (Lipinski definition) is 5. The fraction of sp³-hybridized carbons (Fsp3) is 0.455. The van der Waals surface area contributed by atoms with Crippen molar-refractivity contribution in [2.45, 2.75) is 31.8 Å². The van der Waals surface area contributed by atoms with Crippen molar-refractivity contribution in [2.75, 3.05) is 18.0 Å². The second-order valence-electron chi connectivity index (χ2n) is 8.65. The van der Waals surface area contributed by atoms with E-state index in [2.05, 4.69) is 16.9 Å². The second kappa shape index (κ2) is 6.57. The van der Waals surface area contributed by atoms with Crippen molar-refractivity contribution in [3.8, 4) is 5.75 Å². The summed E-state index contributed by atoms with van der Waals surface area (Å²) in [6.45, 7) is 3.75. The lowest BCUT2D eigenvalue weighted by Gasteiger charge is -2.47. The Morgan fingerprint density at radius 3 is 2.83 bits per heavy atom. The minimum Gasteiger partial charge on any atom is -0.449 e. The van der Waals surface area contributed by atoms with E-state index in [1.165, 1.54) is 12.3 Å². The number of nitrogens with two attached hydrogens (primary N) is 1. The number of benzene rings is 1. The highest BCUT2D eigenvalue weighted by atomic mass is 19.1. The van der Waals surface area contributed by atoms with E-state index in [4.69, 9.17) is 10.8 Å². The van der Waals surface area contributed by atoms with E-state index in [1.54, 1.807) is 10.6 Å². The molecule has 2 bridgehead atoms. The second-order valence-corrected chi connectivity index (χ2v) is 8.65. The SMILES string of the molecule is CCn1cc(OC(=O)O)c(=O)c2cc(F)c(N3CC4C5C=CC(N)(CC5)C4C3)cc21. The molecule has 1 aromatic carbocycles. The smallest absolute Gasteiger partial charge is 0.449 e. The van der Waals surface area contributed by atoms with Gasteiger partial charge in [0.1, 0.15) is 5.82 Å². The summed E-state index contributed by atoms with van der Waals surface area (Å²) in [5.74, 6) is 0.349. The molecule has 4 unspecified atom stereocenters. The summed E-state index contributed by atoms with van der Waals surface area (Å²) in [5, 5.41) is 8.98. The van der Waals surface area contributed by atoms with E-state index in [-0.39, 0.29) is 22.6 Å². The molecule has 7 nitrogen and oxygen atoms in total. The van der Waals surface area contributed by atoms with Gasteiger partial charge in [-0.1, -0.05) is 12.2 Å². The average Bonchev–Trinajstić information content (AvgIpc) is 3.18. The van der Waals surface area contributed by atoms with Crippen LogP contribution in [0.15, 0.2) is 35.3 Å². The van der Waals surface area contributed by atoms with Gasteiger partial charge in [0.2, 0.25) is 5.43 Å². The molecule has 8 heteroatoms. The highest BCUT2D eigenvalue weighted by Gasteiger charge is 2.52. The molecule has 158 valence electrons. The van der Waals surface area contributed by atoms with Crippen molar-refractivity contribution in [3.05, 3.63) is 46.5 Å². The van der Waals surface area contributed by atoms with E-state index >= 15 is 4.39 Å². The van der Waals surface area contributed by atoms with Crippen LogP contribution >= 0.6 is 0 Å². The predicted molar refractivity (Wildman–Crippen MR) is 110 cm³/mol.